The van der Waals surface area contributed by atoms with Crippen LogP contribution in [0.1, 0.15) is 22.3 Å². The molecular weight excluding hydrogens is 467 g/mol. The van der Waals surface area contributed by atoms with Crippen molar-refractivity contribution in [3.8, 4) is 11.1 Å². The van der Waals surface area contributed by atoms with Crippen LogP contribution >= 0.6 is 11.6 Å². The van der Waals surface area contributed by atoms with Gasteiger partial charge in [0.1, 0.15) is 5.82 Å². The first-order valence-electron chi connectivity index (χ1n) is 10.6. The molecule has 0 aliphatic carbocycles. The molecule has 1 saturated heterocycles. The number of nitrogens with one attached hydrogen (secondary N) is 1. The summed E-state index contributed by atoms with van der Waals surface area (Å²) in [4.78, 5) is 30.6. The monoisotopic (exact) mass is 487 g/mol. The molecule has 3 aromatic rings. The summed E-state index contributed by atoms with van der Waals surface area (Å²) in [5.74, 6) is -6.39. The van der Waals surface area contributed by atoms with Crippen molar-refractivity contribution in [3.63, 3.8) is 0 Å². The first kappa shape index (κ1) is 23.8. The number of likely N-dealkylation sites (tertiary alicyclic amines) is 1. The van der Waals surface area contributed by atoms with Crippen molar-refractivity contribution in [2.75, 3.05) is 13.1 Å². The maximum Gasteiger partial charge on any atom is 0.266 e. The van der Waals surface area contributed by atoms with Gasteiger partial charge in [0.2, 0.25) is 5.91 Å². The van der Waals surface area contributed by atoms with Gasteiger partial charge in [-0.3, -0.25) is 14.6 Å². The van der Waals surface area contributed by atoms with E-state index in [4.69, 9.17) is 11.6 Å². The van der Waals surface area contributed by atoms with Gasteiger partial charge in [-0.05, 0) is 59.2 Å². The van der Waals surface area contributed by atoms with E-state index in [0.717, 1.165) is 16.5 Å². The predicted octanol–water partition coefficient (Wildman–Crippen LogP) is 4.95. The summed E-state index contributed by atoms with van der Waals surface area (Å²) in [7, 11) is 0. The summed E-state index contributed by atoms with van der Waals surface area (Å²) in [5, 5.41) is 3.13. The van der Waals surface area contributed by atoms with E-state index in [1.165, 1.54) is 24.5 Å². The van der Waals surface area contributed by atoms with Gasteiger partial charge in [-0.2, -0.15) is 0 Å². The van der Waals surface area contributed by atoms with Crippen molar-refractivity contribution >= 4 is 23.4 Å². The molecule has 176 valence electrons. The second-order valence-electron chi connectivity index (χ2n) is 8.25. The van der Waals surface area contributed by atoms with Gasteiger partial charge in [-0.15, -0.1) is 0 Å². The molecule has 0 radical (unpaired) electrons. The highest BCUT2D eigenvalue weighted by Gasteiger charge is 2.44. The van der Waals surface area contributed by atoms with E-state index in [1.807, 2.05) is 0 Å². The Labute approximate surface area is 199 Å². The van der Waals surface area contributed by atoms with Crippen LogP contribution in [0.25, 0.3) is 11.1 Å². The first-order chi connectivity index (χ1) is 16.2. The van der Waals surface area contributed by atoms with Crippen LogP contribution in [0, 0.1) is 11.7 Å². The molecule has 5 nitrogen and oxygen atoms in total. The number of benzene rings is 2. The lowest BCUT2D eigenvalue weighted by atomic mass is 9.93. The average Bonchev–Trinajstić information content (AvgIpc) is 2.81. The fourth-order valence-electron chi connectivity index (χ4n) is 4.02. The minimum atomic E-state index is -3.26. The van der Waals surface area contributed by atoms with Gasteiger partial charge < -0.3 is 10.2 Å². The topological polar surface area (TPSA) is 62.3 Å². The number of carbonyl (C=O) groups is 2. The molecule has 2 amide bonds. The van der Waals surface area contributed by atoms with Gasteiger partial charge in [0.15, 0.2) is 0 Å². The summed E-state index contributed by atoms with van der Waals surface area (Å²) in [6.07, 6.45) is 2.38. The van der Waals surface area contributed by atoms with E-state index in [1.54, 1.807) is 36.4 Å². The number of piperidine rings is 1. The summed E-state index contributed by atoms with van der Waals surface area (Å²) >= 11 is 5.93. The Kier molecular flexibility index (Phi) is 6.88. The number of pyridine rings is 1. The van der Waals surface area contributed by atoms with Crippen LogP contribution in [0.2, 0.25) is 5.02 Å². The molecule has 9 heteroatoms. The molecule has 1 aliphatic heterocycles. The molecule has 1 N–H and O–H groups in total. The van der Waals surface area contributed by atoms with Crippen LogP contribution in [0.15, 0.2) is 67.0 Å². The summed E-state index contributed by atoms with van der Waals surface area (Å²) in [6, 6.07) is 13.8. The van der Waals surface area contributed by atoms with E-state index < -0.39 is 42.4 Å². The molecule has 1 fully saturated rings. The van der Waals surface area contributed by atoms with Crippen molar-refractivity contribution in [2.45, 2.75) is 18.9 Å². The van der Waals surface area contributed by atoms with Gasteiger partial charge in [-0.1, -0.05) is 23.7 Å². The Morgan fingerprint density at radius 3 is 2.59 bits per heavy atom. The lowest BCUT2D eigenvalue weighted by molar-refractivity contribution is -0.135. The van der Waals surface area contributed by atoms with Gasteiger partial charge >= 0.3 is 0 Å². The summed E-state index contributed by atoms with van der Waals surface area (Å²) < 4.78 is 43.3. The van der Waals surface area contributed by atoms with E-state index in [-0.39, 0.29) is 18.7 Å². The number of aromatic nitrogens is 1. The zero-order valence-corrected chi connectivity index (χ0v) is 18.7. The van der Waals surface area contributed by atoms with Crippen molar-refractivity contribution in [2.24, 2.45) is 5.92 Å². The van der Waals surface area contributed by atoms with Crippen LogP contribution in [0.5, 0.6) is 0 Å². The molecule has 0 saturated carbocycles. The third kappa shape index (κ3) is 5.75. The van der Waals surface area contributed by atoms with Crippen molar-refractivity contribution in [1.82, 2.24) is 15.2 Å². The Bertz CT molecular complexity index is 1210. The molecule has 0 spiro atoms. The lowest BCUT2D eigenvalue weighted by Gasteiger charge is -2.37. The molecule has 0 bridgehead atoms. The van der Waals surface area contributed by atoms with Crippen LogP contribution in [-0.4, -0.2) is 40.7 Å². The molecule has 1 atom stereocenters. The molecule has 2 aromatic carbocycles. The molecular formula is C25H21ClF3N3O2. The van der Waals surface area contributed by atoms with Crippen LogP contribution in [-0.2, 0) is 11.3 Å². The number of carbonyl (C=O) groups excluding carboxylic acids is 2. The molecule has 2 heterocycles. The zero-order chi connectivity index (χ0) is 24.3. The van der Waals surface area contributed by atoms with Gasteiger partial charge in [0.05, 0.1) is 12.5 Å². The SMILES string of the molecule is O=C(NCc1cccc(Cl)c1)C1CN(C(=O)c2cc(F)cc(-c3ccncc3)c2)CC(F)(F)C1. The molecule has 1 aliphatic rings. The highest BCUT2D eigenvalue weighted by molar-refractivity contribution is 6.30. The fourth-order valence-corrected chi connectivity index (χ4v) is 4.23. The quantitative estimate of drug-likeness (QED) is 0.553. The number of amides is 2. The maximum atomic E-state index is 14.5. The minimum Gasteiger partial charge on any atom is -0.352 e. The smallest absolute Gasteiger partial charge is 0.266 e. The minimum absolute atomic E-state index is 0.0670. The number of rotatable bonds is 5. The Balaban J connectivity index is 1.51. The van der Waals surface area contributed by atoms with Crippen LogP contribution < -0.4 is 5.32 Å². The number of halogens is 4. The number of hydrogen-bond acceptors (Lipinski definition) is 3. The molecule has 1 unspecified atom stereocenters. The van der Waals surface area contributed by atoms with Crippen molar-refractivity contribution in [1.29, 1.82) is 0 Å². The fraction of sp³-hybridized carbons (Fsp3) is 0.240. The van der Waals surface area contributed by atoms with Gasteiger partial charge in [0.25, 0.3) is 11.8 Å². The first-order valence-corrected chi connectivity index (χ1v) is 11.0. The third-order valence-corrected chi connectivity index (χ3v) is 5.82. The van der Waals surface area contributed by atoms with Gasteiger partial charge in [-0.25, -0.2) is 13.2 Å². The van der Waals surface area contributed by atoms with Gasteiger partial charge in [0, 0.05) is 42.5 Å². The van der Waals surface area contributed by atoms with Crippen LogP contribution in [0.3, 0.4) is 0 Å². The highest BCUT2D eigenvalue weighted by atomic mass is 35.5. The molecule has 34 heavy (non-hydrogen) atoms. The normalized spacial score (nSPS) is 17.3. The number of nitrogens with zero attached hydrogens (tertiary/aromatic N) is 2. The largest absolute Gasteiger partial charge is 0.352 e. The molecule has 1 aromatic heterocycles. The van der Waals surface area contributed by atoms with Crippen molar-refractivity contribution < 1.29 is 22.8 Å². The van der Waals surface area contributed by atoms with E-state index in [0.29, 0.717) is 16.1 Å². The highest BCUT2D eigenvalue weighted by Crippen LogP contribution is 2.32. The maximum absolute atomic E-state index is 14.5. The lowest BCUT2D eigenvalue weighted by Crippen LogP contribution is -2.53. The Morgan fingerprint density at radius 1 is 1.09 bits per heavy atom. The number of hydrogen-bond donors (Lipinski definition) is 1. The van der Waals surface area contributed by atoms with E-state index >= 15 is 0 Å². The van der Waals surface area contributed by atoms with E-state index in [2.05, 4.69) is 10.3 Å². The van der Waals surface area contributed by atoms with E-state index in [9.17, 15) is 22.8 Å². The number of alkyl halides is 2. The standard InChI is InChI=1S/C25H21ClF3N3O2/c26-21-3-1-2-16(8-21)13-31-23(33)20-12-25(28,29)15-32(14-20)24(34)19-9-18(10-22(27)11-19)17-4-6-30-7-5-17/h1-11,20H,12-15H2,(H,31,33). The third-order valence-electron chi connectivity index (χ3n) is 5.58. The predicted molar refractivity (Wildman–Crippen MR) is 122 cm³/mol. The molecule has 4 rings (SSSR count). The van der Waals surface area contributed by atoms with Crippen LogP contribution in [0.4, 0.5) is 13.2 Å². The summed E-state index contributed by atoms with van der Waals surface area (Å²) in [5.41, 5.74) is 1.71. The average molecular weight is 488 g/mol. The zero-order valence-electron chi connectivity index (χ0n) is 18.0. The summed E-state index contributed by atoms with van der Waals surface area (Å²) in [6.45, 7) is -0.920. The second-order valence-corrected chi connectivity index (χ2v) is 8.69. The Morgan fingerprint density at radius 2 is 1.85 bits per heavy atom. The van der Waals surface area contributed by atoms with Crippen molar-refractivity contribution in [3.05, 3.63) is 89.0 Å². The Hall–Kier alpha value is -3.39. The second kappa shape index (κ2) is 9.85.